The van der Waals surface area contributed by atoms with Gasteiger partial charge in [0, 0.05) is 12.8 Å². The summed E-state index contributed by atoms with van der Waals surface area (Å²) in [6.07, 6.45) is 79.9. The second kappa shape index (κ2) is 65.1. The van der Waals surface area contributed by atoms with Gasteiger partial charge in [0.2, 0.25) is 5.91 Å². The predicted octanol–water partition coefficient (Wildman–Crippen LogP) is 22.0. The molecule has 2 unspecified atom stereocenters. The van der Waals surface area contributed by atoms with Crippen LogP contribution in [0.2, 0.25) is 0 Å². The van der Waals surface area contributed by atoms with Crippen LogP contribution in [0.1, 0.15) is 393 Å². The number of nitrogens with one attached hydrogen (secondary N) is 1. The molecule has 0 aliphatic heterocycles. The molecular weight excluding hydrogens is 923 g/mol. The summed E-state index contributed by atoms with van der Waals surface area (Å²) in [6, 6.07) is -0.626. The highest BCUT2D eigenvalue weighted by atomic mass is 16.5. The molecule has 0 spiro atoms. The molecular formula is C69H135NO5. The molecule has 0 fully saturated rings. The molecule has 0 aliphatic rings. The third kappa shape index (κ3) is 61.7. The number of allylic oxidation sites excluding steroid dienone is 1. The molecule has 6 heteroatoms. The van der Waals surface area contributed by atoms with E-state index in [0.29, 0.717) is 19.4 Å². The van der Waals surface area contributed by atoms with Crippen molar-refractivity contribution in [2.45, 2.75) is 405 Å². The van der Waals surface area contributed by atoms with Crippen LogP contribution in [-0.2, 0) is 14.3 Å². The van der Waals surface area contributed by atoms with Gasteiger partial charge >= 0.3 is 5.97 Å². The molecule has 75 heavy (non-hydrogen) atoms. The zero-order valence-electron chi connectivity index (χ0n) is 51.1. The van der Waals surface area contributed by atoms with Gasteiger partial charge < -0.3 is 20.3 Å². The maximum Gasteiger partial charge on any atom is 0.305 e. The first-order valence-electron chi connectivity index (χ1n) is 34.5. The number of hydrogen-bond donors (Lipinski definition) is 3. The quantitative estimate of drug-likeness (QED) is 0.0320. The van der Waals surface area contributed by atoms with E-state index in [9.17, 15) is 19.8 Å². The predicted molar refractivity (Wildman–Crippen MR) is 329 cm³/mol. The molecule has 0 bridgehead atoms. The minimum atomic E-state index is -0.843. The van der Waals surface area contributed by atoms with Crippen LogP contribution in [0.3, 0.4) is 0 Å². The van der Waals surface area contributed by atoms with Gasteiger partial charge in [0.25, 0.3) is 0 Å². The molecule has 3 N–H and O–H groups in total. The van der Waals surface area contributed by atoms with Crippen molar-refractivity contribution in [3.8, 4) is 0 Å². The van der Waals surface area contributed by atoms with Crippen molar-refractivity contribution in [1.29, 1.82) is 0 Å². The Morgan fingerprint density at radius 2 is 0.613 bits per heavy atom. The first-order chi connectivity index (χ1) is 37.0. The van der Waals surface area contributed by atoms with Crippen LogP contribution in [0.25, 0.3) is 0 Å². The van der Waals surface area contributed by atoms with Gasteiger partial charge in [-0.3, -0.25) is 9.59 Å². The summed E-state index contributed by atoms with van der Waals surface area (Å²) >= 11 is 0. The minimum absolute atomic E-state index is 0.0184. The zero-order chi connectivity index (χ0) is 54.3. The van der Waals surface area contributed by atoms with E-state index in [1.807, 2.05) is 6.08 Å². The Morgan fingerprint density at radius 1 is 0.360 bits per heavy atom. The molecule has 0 saturated heterocycles. The summed E-state index contributed by atoms with van der Waals surface area (Å²) in [5, 5.41) is 23.2. The van der Waals surface area contributed by atoms with E-state index < -0.39 is 12.1 Å². The average molecular weight is 1060 g/mol. The monoisotopic (exact) mass is 1060 g/mol. The number of carbonyl (C=O) groups excluding carboxylic acids is 2. The molecule has 0 aromatic heterocycles. The van der Waals surface area contributed by atoms with E-state index >= 15 is 0 Å². The van der Waals surface area contributed by atoms with E-state index in [1.165, 1.54) is 327 Å². The number of amides is 1. The summed E-state index contributed by atoms with van der Waals surface area (Å²) < 4.78 is 5.49. The third-order valence-corrected chi connectivity index (χ3v) is 16.3. The number of aliphatic hydroxyl groups excluding tert-OH is 2. The minimum Gasteiger partial charge on any atom is -0.466 e. The molecule has 446 valence electrons. The second-order valence-corrected chi connectivity index (χ2v) is 23.9. The van der Waals surface area contributed by atoms with Crippen LogP contribution in [0.5, 0.6) is 0 Å². The Labute approximate surface area is 469 Å². The molecule has 0 rings (SSSR count). The number of carbonyl (C=O) groups is 2. The van der Waals surface area contributed by atoms with E-state index in [-0.39, 0.29) is 18.5 Å². The Kier molecular flexibility index (Phi) is 63.9. The van der Waals surface area contributed by atoms with Gasteiger partial charge in [-0.1, -0.05) is 360 Å². The highest BCUT2D eigenvalue weighted by molar-refractivity contribution is 5.76. The highest BCUT2D eigenvalue weighted by Crippen LogP contribution is 2.19. The number of hydrogen-bond acceptors (Lipinski definition) is 5. The summed E-state index contributed by atoms with van der Waals surface area (Å²) in [6.45, 7) is 4.95. The summed E-state index contributed by atoms with van der Waals surface area (Å²) in [5.41, 5.74) is 0. The molecule has 0 aliphatic carbocycles. The average Bonchev–Trinajstić information content (AvgIpc) is 3.41. The van der Waals surface area contributed by atoms with Crippen LogP contribution in [-0.4, -0.2) is 47.4 Å². The molecule has 0 aromatic rings. The number of aliphatic hydroxyl groups is 2. The largest absolute Gasteiger partial charge is 0.466 e. The lowest BCUT2D eigenvalue weighted by Gasteiger charge is -2.20. The molecule has 0 saturated carbocycles. The molecule has 0 aromatic carbocycles. The maximum atomic E-state index is 12.5. The van der Waals surface area contributed by atoms with Gasteiger partial charge in [0.15, 0.2) is 0 Å². The smallest absolute Gasteiger partial charge is 0.305 e. The van der Waals surface area contributed by atoms with Crippen molar-refractivity contribution in [2.75, 3.05) is 13.2 Å². The van der Waals surface area contributed by atoms with Crippen molar-refractivity contribution in [3.63, 3.8) is 0 Å². The molecule has 6 nitrogen and oxygen atoms in total. The van der Waals surface area contributed by atoms with Gasteiger partial charge in [0.05, 0.1) is 25.4 Å². The van der Waals surface area contributed by atoms with Gasteiger partial charge in [-0.05, 0) is 32.1 Å². The fraction of sp³-hybridized carbons (Fsp3) is 0.942. The zero-order valence-corrected chi connectivity index (χ0v) is 51.1. The Morgan fingerprint density at radius 3 is 0.907 bits per heavy atom. The fourth-order valence-corrected chi connectivity index (χ4v) is 11.1. The fourth-order valence-electron chi connectivity index (χ4n) is 11.1. The highest BCUT2D eigenvalue weighted by Gasteiger charge is 2.18. The summed E-state index contributed by atoms with van der Waals surface area (Å²) in [4.78, 5) is 24.6. The van der Waals surface area contributed by atoms with Gasteiger partial charge in [-0.25, -0.2) is 0 Å². The Bertz CT molecular complexity index is 1130. The van der Waals surface area contributed by atoms with E-state index in [4.69, 9.17) is 4.74 Å². The topological polar surface area (TPSA) is 95.9 Å². The van der Waals surface area contributed by atoms with Gasteiger partial charge in [-0.15, -0.1) is 0 Å². The molecule has 2 atom stereocenters. The van der Waals surface area contributed by atoms with Crippen molar-refractivity contribution < 1.29 is 24.5 Å². The Hall–Kier alpha value is -1.40. The van der Waals surface area contributed by atoms with Crippen molar-refractivity contribution in [3.05, 3.63) is 12.2 Å². The summed E-state index contributed by atoms with van der Waals surface area (Å²) in [7, 11) is 0. The number of unbranched alkanes of at least 4 members (excludes halogenated alkanes) is 54. The van der Waals surface area contributed by atoms with Crippen molar-refractivity contribution >= 4 is 11.9 Å². The lowest BCUT2D eigenvalue weighted by atomic mass is 10.0. The number of ether oxygens (including phenoxy) is 1. The lowest BCUT2D eigenvalue weighted by molar-refractivity contribution is -0.143. The molecule has 0 heterocycles. The molecule has 1 amide bonds. The SMILES string of the molecule is CCCCCCCCCCCCCCCCCCCC/C=C/C(O)C(CO)NC(=O)CCCCCCCCCCCCCCCCCCCCCCCCCCCOC(=O)CCCCCCCCCCCCCCC. The van der Waals surface area contributed by atoms with E-state index in [0.717, 1.165) is 38.5 Å². The summed E-state index contributed by atoms with van der Waals surface area (Å²) in [5.74, 6) is -0.0435. The molecule has 0 radical (unpaired) electrons. The van der Waals surface area contributed by atoms with Crippen LogP contribution < -0.4 is 5.32 Å². The van der Waals surface area contributed by atoms with Crippen LogP contribution >= 0.6 is 0 Å². The maximum absolute atomic E-state index is 12.5. The first kappa shape index (κ1) is 73.6. The van der Waals surface area contributed by atoms with Crippen LogP contribution in [0.4, 0.5) is 0 Å². The van der Waals surface area contributed by atoms with Gasteiger partial charge in [0.1, 0.15) is 0 Å². The van der Waals surface area contributed by atoms with Crippen molar-refractivity contribution in [1.82, 2.24) is 5.32 Å². The van der Waals surface area contributed by atoms with Crippen molar-refractivity contribution in [2.24, 2.45) is 0 Å². The van der Waals surface area contributed by atoms with Crippen LogP contribution in [0, 0.1) is 0 Å². The lowest BCUT2D eigenvalue weighted by Crippen LogP contribution is -2.45. The van der Waals surface area contributed by atoms with E-state index in [2.05, 4.69) is 19.2 Å². The third-order valence-electron chi connectivity index (χ3n) is 16.3. The Balaban J connectivity index is 3.38. The number of esters is 1. The standard InChI is InChI=1S/C69H135NO5/c1-3-5-7-9-11-13-15-17-18-19-20-28-31-34-38-41-45-49-53-57-61-67(72)66(65-71)70-68(73)62-58-54-50-46-42-39-35-32-29-26-24-22-21-23-25-27-30-33-36-40-44-48-52-56-60-64-75-69(74)63-59-55-51-47-43-37-16-14-12-10-8-6-4-2/h57,61,66-67,71-72H,3-56,58-60,62-65H2,1-2H3,(H,70,73)/b61-57+. The van der Waals surface area contributed by atoms with E-state index in [1.54, 1.807) is 6.08 Å². The normalized spacial score (nSPS) is 12.5. The van der Waals surface area contributed by atoms with Crippen LogP contribution in [0.15, 0.2) is 12.2 Å². The second-order valence-electron chi connectivity index (χ2n) is 23.9. The number of rotatable bonds is 65. The first-order valence-corrected chi connectivity index (χ1v) is 34.5. The van der Waals surface area contributed by atoms with Gasteiger partial charge in [-0.2, -0.15) is 0 Å².